The van der Waals surface area contributed by atoms with Crippen LogP contribution < -0.4 is 4.74 Å². The van der Waals surface area contributed by atoms with Crippen molar-refractivity contribution in [1.82, 2.24) is 0 Å². The second kappa shape index (κ2) is 10.1. The van der Waals surface area contributed by atoms with Crippen molar-refractivity contribution >= 4 is 16.7 Å². The predicted octanol–water partition coefficient (Wildman–Crippen LogP) is 5.42. The van der Waals surface area contributed by atoms with Crippen molar-refractivity contribution in [2.75, 3.05) is 14.2 Å². The predicted molar refractivity (Wildman–Crippen MR) is 135 cm³/mol. The molecular weight excluding hydrogens is 420 g/mol. The first-order valence-electron chi connectivity index (χ1n) is 10.5. The molecule has 4 aromatic rings. The van der Waals surface area contributed by atoms with Crippen LogP contribution >= 0.6 is 0 Å². The molecule has 0 saturated carbocycles. The molecule has 0 radical (unpaired) electrons. The number of terminal acetylenes is 1. The first kappa shape index (κ1) is 22.3. The summed E-state index contributed by atoms with van der Waals surface area (Å²) >= 11 is 0. The van der Waals surface area contributed by atoms with Crippen LogP contribution in [0.4, 0.5) is 0 Å². The average molecular weight is 440 g/mol. The first-order chi connectivity index (χ1) is 16.6. The van der Waals surface area contributed by atoms with E-state index in [-0.39, 0.29) is 0 Å². The molecule has 0 unspecified atom stereocenters. The lowest BCUT2D eigenvalue weighted by molar-refractivity contribution is 0.0597. The van der Waals surface area contributed by atoms with Gasteiger partial charge in [0.15, 0.2) is 0 Å². The topological polar surface area (TPSA) is 35.5 Å². The van der Waals surface area contributed by atoms with Crippen molar-refractivity contribution < 1.29 is 14.3 Å². The van der Waals surface area contributed by atoms with Crippen LogP contribution in [0.1, 0.15) is 38.2 Å². The molecule has 3 nitrogen and oxygen atoms in total. The van der Waals surface area contributed by atoms with Gasteiger partial charge in [-0.3, -0.25) is 0 Å². The molecule has 0 N–H and O–H groups in total. The van der Waals surface area contributed by atoms with Crippen LogP contribution in [0.25, 0.3) is 10.8 Å². The van der Waals surface area contributed by atoms with E-state index in [9.17, 15) is 4.79 Å². The van der Waals surface area contributed by atoms with Gasteiger partial charge in [-0.05, 0) is 59.3 Å². The lowest BCUT2D eigenvalue weighted by Crippen LogP contribution is -2.04. The highest BCUT2D eigenvalue weighted by Gasteiger charge is 2.12. The molecule has 0 spiro atoms. The molecule has 4 aromatic carbocycles. The maximum atomic E-state index is 11.9. The zero-order valence-electron chi connectivity index (χ0n) is 18.8. The lowest BCUT2D eigenvalue weighted by atomic mass is 10.0. The Kier molecular flexibility index (Phi) is 6.65. The van der Waals surface area contributed by atoms with Crippen LogP contribution in [0.5, 0.6) is 5.75 Å². The number of ether oxygens (including phenoxy) is 2. The van der Waals surface area contributed by atoms with E-state index < -0.39 is 5.97 Å². The average Bonchev–Trinajstić information content (AvgIpc) is 2.89. The fourth-order valence-corrected chi connectivity index (χ4v) is 3.46. The maximum Gasteiger partial charge on any atom is 0.341 e. The third-order valence-corrected chi connectivity index (χ3v) is 5.16. The van der Waals surface area contributed by atoms with Gasteiger partial charge in [0.2, 0.25) is 0 Å². The highest BCUT2D eigenvalue weighted by Crippen LogP contribution is 2.21. The van der Waals surface area contributed by atoms with E-state index >= 15 is 0 Å². The highest BCUT2D eigenvalue weighted by molar-refractivity contribution is 5.92. The molecule has 0 heterocycles. The number of hydrogen-bond acceptors (Lipinski definition) is 3. The number of methoxy groups -OCH3 is 2. The SMILES string of the molecule is C#Cc1cc(C#Cc2ccc(C(=O)OC)c(OC)c2)cc(C#Cc2ccc3ccccc3c2)c1. The van der Waals surface area contributed by atoms with Crippen LogP contribution in [0.2, 0.25) is 0 Å². The number of esters is 1. The van der Waals surface area contributed by atoms with E-state index in [2.05, 4.69) is 53.9 Å². The van der Waals surface area contributed by atoms with Gasteiger partial charge < -0.3 is 9.47 Å². The molecule has 0 aliphatic rings. The van der Waals surface area contributed by atoms with E-state index in [0.717, 1.165) is 22.1 Å². The molecule has 0 bridgehead atoms. The van der Waals surface area contributed by atoms with Gasteiger partial charge in [0.05, 0.1) is 14.2 Å². The third kappa shape index (κ3) is 5.11. The molecule has 34 heavy (non-hydrogen) atoms. The summed E-state index contributed by atoms with van der Waals surface area (Å²) in [6.07, 6.45) is 5.65. The second-order valence-electron chi connectivity index (χ2n) is 7.41. The molecule has 3 heteroatoms. The number of carbonyl (C=O) groups excluding carboxylic acids is 1. The van der Waals surface area contributed by atoms with Gasteiger partial charge in [-0.2, -0.15) is 0 Å². The van der Waals surface area contributed by atoms with E-state index in [1.165, 1.54) is 19.6 Å². The van der Waals surface area contributed by atoms with Crippen LogP contribution in [-0.2, 0) is 4.74 Å². The van der Waals surface area contributed by atoms with Gasteiger partial charge in [0.25, 0.3) is 0 Å². The Hall–Kier alpha value is -4.91. The summed E-state index contributed by atoms with van der Waals surface area (Å²) in [7, 11) is 2.82. The molecule has 0 aliphatic carbocycles. The van der Waals surface area contributed by atoms with Crippen molar-refractivity contribution in [3.63, 3.8) is 0 Å². The molecular formula is C31H20O3. The third-order valence-electron chi connectivity index (χ3n) is 5.16. The van der Waals surface area contributed by atoms with Gasteiger partial charge in [-0.15, -0.1) is 6.42 Å². The molecule has 4 rings (SSSR count). The van der Waals surface area contributed by atoms with Crippen molar-refractivity contribution in [3.05, 3.63) is 112 Å². The summed E-state index contributed by atoms with van der Waals surface area (Å²) < 4.78 is 10.1. The molecule has 0 amide bonds. The summed E-state index contributed by atoms with van der Waals surface area (Å²) in [4.78, 5) is 11.9. The summed E-state index contributed by atoms with van der Waals surface area (Å²) in [6, 6.07) is 25.0. The fourth-order valence-electron chi connectivity index (χ4n) is 3.46. The van der Waals surface area contributed by atoms with Crippen molar-refractivity contribution in [3.8, 4) is 41.8 Å². The van der Waals surface area contributed by atoms with Crippen molar-refractivity contribution in [2.45, 2.75) is 0 Å². The van der Waals surface area contributed by atoms with Crippen LogP contribution in [0.15, 0.2) is 78.9 Å². The van der Waals surface area contributed by atoms with Crippen molar-refractivity contribution in [1.29, 1.82) is 0 Å². The van der Waals surface area contributed by atoms with Crippen LogP contribution in [0, 0.1) is 36.0 Å². The Morgan fingerprint density at radius 3 is 1.91 bits per heavy atom. The number of benzene rings is 4. The zero-order chi connectivity index (χ0) is 23.9. The van der Waals surface area contributed by atoms with Crippen molar-refractivity contribution in [2.24, 2.45) is 0 Å². The molecule has 0 aromatic heterocycles. The molecule has 0 atom stereocenters. The first-order valence-corrected chi connectivity index (χ1v) is 10.5. The fraction of sp³-hybridized carbons (Fsp3) is 0.0645. The number of carbonyl (C=O) groups is 1. The smallest absolute Gasteiger partial charge is 0.341 e. The molecule has 0 aliphatic heterocycles. The maximum absolute atomic E-state index is 11.9. The second-order valence-corrected chi connectivity index (χ2v) is 7.41. The van der Waals surface area contributed by atoms with E-state index in [4.69, 9.17) is 15.9 Å². The van der Waals surface area contributed by atoms with Gasteiger partial charge in [0.1, 0.15) is 11.3 Å². The minimum atomic E-state index is -0.465. The van der Waals surface area contributed by atoms with E-state index in [0.29, 0.717) is 22.4 Å². The molecule has 162 valence electrons. The van der Waals surface area contributed by atoms with Crippen LogP contribution in [0.3, 0.4) is 0 Å². The lowest BCUT2D eigenvalue weighted by Gasteiger charge is -2.06. The van der Waals surface area contributed by atoms with E-state index in [1.807, 2.05) is 36.4 Å². The molecule has 0 saturated heterocycles. The zero-order valence-corrected chi connectivity index (χ0v) is 18.8. The summed E-state index contributed by atoms with van der Waals surface area (Å²) in [6.45, 7) is 0. The van der Waals surface area contributed by atoms with Crippen LogP contribution in [-0.4, -0.2) is 20.2 Å². The van der Waals surface area contributed by atoms with E-state index in [1.54, 1.807) is 18.2 Å². The van der Waals surface area contributed by atoms with Gasteiger partial charge in [-0.25, -0.2) is 4.79 Å². The van der Waals surface area contributed by atoms with Gasteiger partial charge >= 0.3 is 5.97 Å². The Labute approximate surface area is 199 Å². The Balaban J connectivity index is 1.65. The monoisotopic (exact) mass is 440 g/mol. The largest absolute Gasteiger partial charge is 0.496 e. The number of hydrogen-bond donors (Lipinski definition) is 0. The summed E-state index contributed by atoms with van der Waals surface area (Å²) in [5.74, 6) is 15.2. The minimum Gasteiger partial charge on any atom is -0.496 e. The van der Waals surface area contributed by atoms with Gasteiger partial charge in [-0.1, -0.05) is 59.9 Å². The Morgan fingerprint density at radius 2 is 1.26 bits per heavy atom. The minimum absolute atomic E-state index is 0.344. The quantitative estimate of drug-likeness (QED) is 0.309. The summed E-state index contributed by atoms with van der Waals surface area (Å²) in [5.41, 5.74) is 4.19. The highest BCUT2D eigenvalue weighted by atomic mass is 16.5. The standard InChI is InChI=1S/C31H20O3/c1-4-22-17-25(11-9-23-13-15-27-7-5-6-8-28(27)20-23)19-26(18-22)12-10-24-14-16-29(31(32)34-3)30(21-24)33-2/h1,5-8,13-21H,2-3H3. The van der Waals surface area contributed by atoms with Gasteiger partial charge in [0, 0.05) is 27.8 Å². The number of fused-ring (bicyclic) bond motifs is 1. The summed E-state index contributed by atoms with van der Waals surface area (Å²) in [5, 5.41) is 2.32. The molecule has 0 fully saturated rings. The normalized spacial score (nSPS) is 9.68. The number of rotatable bonds is 2. The Bertz CT molecular complexity index is 1560. The Morgan fingerprint density at radius 1 is 0.676 bits per heavy atom.